The lowest BCUT2D eigenvalue weighted by atomic mass is 10.0. The first-order chi connectivity index (χ1) is 8.97. The van der Waals surface area contributed by atoms with Crippen molar-refractivity contribution in [1.82, 2.24) is 4.90 Å². The van der Waals surface area contributed by atoms with E-state index in [0.717, 1.165) is 25.7 Å². The number of carbonyl (C=O) groups excluding carboxylic acids is 2. The van der Waals surface area contributed by atoms with Gasteiger partial charge in [0.05, 0.1) is 7.11 Å². The lowest BCUT2D eigenvalue weighted by Gasteiger charge is -2.25. The summed E-state index contributed by atoms with van der Waals surface area (Å²) in [6.45, 7) is 4.56. The molecule has 1 aliphatic rings. The zero-order chi connectivity index (χ0) is 14.4. The van der Waals surface area contributed by atoms with Gasteiger partial charge in [-0.2, -0.15) is 0 Å². The van der Waals surface area contributed by atoms with Crippen molar-refractivity contribution < 1.29 is 14.3 Å². The van der Waals surface area contributed by atoms with Crippen LogP contribution >= 0.6 is 0 Å². The fourth-order valence-electron chi connectivity index (χ4n) is 2.56. The fourth-order valence-corrected chi connectivity index (χ4v) is 2.56. The predicted molar refractivity (Wildman–Crippen MR) is 73.4 cm³/mol. The molecule has 0 spiro atoms. The number of nitrogens with zero attached hydrogens (tertiary/aromatic N) is 1. The van der Waals surface area contributed by atoms with Gasteiger partial charge in [-0.05, 0) is 32.6 Å². The van der Waals surface area contributed by atoms with E-state index in [1.54, 1.807) is 4.90 Å². The highest BCUT2D eigenvalue weighted by molar-refractivity contribution is 5.86. The Bertz CT molecular complexity index is 318. The first-order valence-electron chi connectivity index (χ1n) is 7.11. The van der Waals surface area contributed by atoms with E-state index < -0.39 is 0 Å². The minimum atomic E-state index is -0.381. The van der Waals surface area contributed by atoms with Crippen molar-refractivity contribution >= 4 is 11.9 Å². The Morgan fingerprint density at radius 3 is 2.63 bits per heavy atom. The molecule has 1 heterocycles. The highest BCUT2D eigenvalue weighted by Crippen LogP contribution is 2.22. The minimum Gasteiger partial charge on any atom is -0.467 e. The number of hydrogen-bond donors (Lipinski definition) is 1. The highest BCUT2D eigenvalue weighted by atomic mass is 16.5. The van der Waals surface area contributed by atoms with Gasteiger partial charge in [0, 0.05) is 18.5 Å². The minimum absolute atomic E-state index is 0.0518. The summed E-state index contributed by atoms with van der Waals surface area (Å²) in [5.41, 5.74) is 5.70. The van der Waals surface area contributed by atoms with Crippen molar-refractivity contribution in [3.8, 4) is 0 Å². The van der Waals surface area contributed by atoms with Gasteiger partial charge in [0.15, 0.2) is 0 Å². The number of likely N-dealkylation sites (tertiary alicyclic amines) is 1. The fraction of sp³-hybridized carbons (Fsp3) is 0.857. The molecule has 110 valence electrons. The molecule has 2 N–H and O–H groups in total. The van der Waals surface area contributed by atoms with Gasteiger partial charge in [0.25, 0.3) is 0 Å². The van der Waals surface area contributed by atoms with Crippen LogP contribution in [0.15, 0.2) is 0 Å². The Morgan fingerprint density at radius 2 is 2.05 bits per heavy atom. The summed E-state index contributed by atoms with van der Waals surface area (Å²) in [5, 5.41) is 0. The largest absolute Gasteiger partial charge is 0.467 e. The number of ether oxygens (including phenoxy) is 1. The second-order valence-electron chi connectivity index (χ2n) is 5.52. The molecule has 3 unspecified atom stereocenters. The van der Waals surface area contributed by atoms with Crippen LogP contribution in [0.4, 0.5) is 0 Å². The maximum Gasteiger partial charge on any atom is 0.328 e. The molecule has 0 aliphatic carbocycles. The monoisotopic (exact) mass is 270 g/mol. The Hall–Kier alpha value is -1.10. The van der Waals surface area contributed by atoms with Gasteiger partial charge in [0.1, 0.15) is 6.04 Å². The zero-order valence-corrected chi connectivity index (χ0v) is 12.2. The summed E-state index contributed by atoms with van der Waals surface area (Å²) in [7, 11) is 1.37. The molecule has 0 saturated carbocycles. The van der Waals surface area contributed by atoms with Gasteiger partial charge >= 0.3 is 5.97 Å². The number of hydrogen-bond acceptors (Lipinski definition) is 4. The molecule has 0 aromatic carbocycles. The molecule has 19 heavy (non-hydrogen) atoms. The Labute approximate surface area is 115 Å². The first kappa shape index (κ1) is 16.0. The van der Waals surface area contributed by atoms with Crippen LogP contribution in [0.25, 0.3) is 0 Å². The van der Waals surface area contributed by atoms with Crippen LogP contribution in [-0.4, -0.2) is 42.5 Å². The van der Waals surface area contributed by atoms with E-state index in [-0.39, 0.29) is 29.9 Å². The SMILES string of the molecule is COC(=O)C1CCCN1C(=O)C(C)CCCC(C)N. The number of nitrogens with two attached hydrogens (primary N) is 1. The van der Waals surface area contributed by atoms with E-state index in [4.69, 9.17) is 10.5 Å². The Balaban J connectivity index is 2.48. The third-order valence-electron chi connectivity index (χ3n) is 3.73. The lowest BCUT2D eigenvalue weighted by Crippen LogP contribution is -2.43. The standard InChI is InChI=1S/C14H26N2O3/c1-10(6-4-7-11(2)15)13(17)16-9-5-8-12(16)14(18)19-3/h10-12H,4-9,15H2,1-3H3. The van der Waals surface area contributed by atoms with Gasteiger partial charge < -0.3 is 15.4 Å². The van der Waals surface area contributed by atoms with E-state index in [2.05, 4.69) is 0 Å². The smallest absolute Gasteiger partial charge is 0.328 e. The van der Waals surface area contributed by atoms with Gasteiger partial charge in [0.2, 0.25) is 5.91 Å². The molecule has 1 fully saturated rings. The van der Waals surface area contributed by atoms with Crippen LogP contribution in [-0.2, 0) is 14.3 Å². The number of carbonyl (C=O) groups is 2. The molecule has 1 saturated heterocycles. The molecule has 1 rings (SSSR count). The Morgan fingerprint density at radius 1 is 1.37 bits per heavy atom. The van der Waals surface area contributed by atoms with E-state index in [1.807, 2.05) is 13.8 Å². The van der Waals surface area contributed by atoms with Crippen LogP contribution in [0.5, 0.6) is 0 Å². The summed E-state index contributed by atoms with van der Waals surface area (Å²) < 4.78 is 4.76. The molecule has 1 aliphatic heterocycles. The number of amides is 1. The Kier molecular flexibility index (Phi) is 6.28. The van der Waals surface area contributed by atoms with Crippen LogP contribution in [0, 0.1) is 5.92 Å². The maximum atomic E-state index is 12.3. The zero-order valence-electron chi connectivity index (χ0n) is 12.2. The first-order valence-corrected chi connectivity index (χ1v) is 7.11. The predicted octanol–water partition coefficient (Wildman–Crippen LogP) is 1.30. The van der Waals surface area contributed by atoms with Crippen LogP contribution in [0.2, 0.25) is 0 Å². The molecule has 0 aromatic rings. The van der Waals surface area contributed by atoms with Crippen molar-refractivity contribution in [1.29, 1.82) is 0 Å². The maximum absolute atomic E-state index is 12.3. The third kappa shape index (κ3) is 4.49. The van der Waals surface area contributed by atoms with Crippen molar-refractivity contribution in [2.75, 3.05) is 13.7 Å². The second-order valence-corrected chi connectivity index (χ2v) is 5.52. The molecular formula is C14H26N2O3. The van der Waals surface area contributed by atoms with Crippen LogP contribution in [0.3, 0.4) is 0 Å². The summed E-state index contributed by atoms with van der Waals surface area (Å²) >= 11 is 0. The number of rotatable bonds is 6. The van der Waals surface area contributed by atoms with E-state index in [9.17, 15) is 9.59 Å². The van der Waals surface area contributed by atoms with Crippen molar-refractivity contribution in [2.45, 2.75) is 58.0 Å². The molecular weight excluding hydrogens is 244 g/mol. The van der Waals surface area contributed by atoms with Crippen molar-refractivity contribution in [3.63, 3.8) is 0 Å². The van der Waals surface area contributed by atoms with Crippen LogP contribution < -0.4 is 5.73 Å². The van der Waals surface area contributed by atoms with E-state index in [0.29, 0.717) is 13.0 Å². The summed E-state index contributed by atoms with van der Waals surface area (Å²) in [6, 6.07) is -0.203. The third-order valence-corrected chi connectivity index (χ3v) is 3.73. The second kappa shape index (κ2) is 7.48. The van der Waals surface area contributed by atoms with Gasteiger partial charge in [-0.1, -0.05) is 13.3 Å². The average Bonchev–Trinajstić information content (AvgIpc) is 2.85. The topological polar surface area (TPSA) is 72.6 Å². The summed E-state index contributed by atoms with van der Waals surface area (Å²) in [5.74, 6) is -0.282. The number of methoxy groups -OCH3 is 1. The molecule has 0 radical (unpaired) electrons. The molecule has 1 amide bonds. The lowest BCUT2D eigenvalue weighted by molar-refractivity contribution is -0.152. The van der Waals surface area contributed by atoms with Crippen LogP contribution in [0.1, 0.15) is 46.0 Å². The van der Waals surface area contributed by atoms with Gasteiger partial charge in [-0.25, -0.2) is 4.79 Å². The van der Waals surface area contributed by atoms with Crippen molar-refractivity contribution in [2.24, 2.45) is 11.7 Å². The van der Waals surface area contributed by atoms with Gasteiger partial charge in [-0.15, -0.1) is 0 Å². The van der Waals surface area contributed by atoms with Crippen molar-refractivity contribution in [3.05, 3.63) is 0 Å². The van der Waals surface area contributed by atoms with Gasteiger partial charge in [-0.3, -0.25) is 4.79 Å². The molecule has 3 atom stereocenters. The quantitative estimate of drug-likeness (QED) is 0.738. The number of esters is 1. The molecule has 5 nitrogen and oxygen atoms in total. The summed E-state index contributed by atoms with van der Waals surface area (Å²) in [4.78, 5) is 25.6. The highest BCUT2D eigenvalue weighted by Gasteiger charge is 2.36. The summed E-state index contributed by atoms with van der Waals surface area (Å²) in [6.07, 6.45) is 4.28. The molecule has 0 aromatic heterocycles. The van der Waals surface area contributed by atoms with E-state index in [1.165, 1.54) is 7.11 Å². The molecule has 5 heteroatoms. The average molecular weight is 270 g/mol. The van der Waals surface area contributed by atoms with E-state index >= 15 is 0 Å². The normalized spacial score (nSPS) is 22.1. The molecule has 0 bridgehead atoms.